The maximum absolute atomic E-state index is 12.2. The van der Waals surface area contributed by atoms with Gasteiger partial charge >= 0.3 is 5.69 Å². The summed E-state index contributed by atoms with van der Waals surface area (Å²) in [5.41, 5.74) is -1.80. The summed E-state index contributed by atoms with van der Waals surface area (Å²) in [6.45, 7) is 6.42. The Morgan fingerprint density at radius 1 is 1.42 bits per heavy atom. The number of carbonyl (C=O) groups excluding carboxylic acids is 1. The summed E-state index contributed by atoms with van der Waals surface area (Å²) in [6.07, 6.45) is -0.804. The molecule has 1 aromatic rings. The van der Waals surface area contributed by atoms with Crippen molar-refractivity contribution < 1.29 is 24.1 Å². The Labute approximate surface area is 136 Å². The van der Waals surface area contributed by atoms with Crippen molar-refractivity contribution >= 4 is 5.78 Å². The first-order valence-electron chi connectivity index (χ1n) is 7.41. The van der Waals surface area contributed by atoms with Crippen LogP contribution in [0.3, 0.4) is 0 Å². The third kappa shape index (κ3) is 2.65. The number of carbonyl (C=O) groups is 1. The maximum Gasteiger partial charge on any atom is 0.330 e. The van der Waals surface area contributed by atoms with Crippen molar-refractivity contribution in [3.8, 4) is 0 Å². The predicted octanol–water partition coefficient (Wildman–Crippen LogP) is -0.685. The highest BCUT2D eigenvalue weighted by Crippen LogP contribution is 2.42. The quantitative estimate of drug-likeness (QED) is 0.551. The monoisotopic (exact) mass is 338 g/mol. The molecule has 2 saturated heterocycles. The van der Waals surface area contributed by atoms with Crippen molar-refractivity contribution in [2.75, 3.05) is 6.61 Å². The van der Waals surface area contributed by atoms with E-state index in [1.54, 1.807) is 13.8 Å². The fourth-order valence-electron chi connectivity index (χ4n) is 2.99. The number of ether oxygens (including phenoxy) is 3. The normalized spacial score (nSPS) is 31.0. The van der Waals surface area contributed by atoms with E-state index in [0.29, 0.717) is 0 Å². The Balaban J connectivity index is 2.05. The first kappa shape index (κ1) is 16.8. The van der Waals surface area contributed by atoms with E-state index in [9.17, 15) is 19.5 Å². The largest absolute Gasteiger partial charge is 0.394 e. The Kier molecular flexibility index (Phi) is 4.04. The van der Waals surface area contributed by atoms with Crippen molar-refractivity contribution in [3.63, 3.8) is 0 Å². The smallest absolute Gasteiger partial charge is 0.330 e. The molecule has 0 radical (unpaired) electrons. The van der Waals surface area contributed by atoms with Crippen molar-refractivity contribution in [3.05, 3.63) is 45.3 Å². The first-order chi connectivity index (χ1) is 11.3. The van der Waals surface area contributed by atoms with Gasteiger partial charge in [0.05, 0.1) is 6.61 Å². The highest BCUT2D eigenvalue weighted by atomic mass is 16.8. The Morgan fingerprint density at radius 3 is 2.71 bits per heavy atom. The first-order valence-corrected chi connectivity index (χ1v) is 7.41. The van der Waals surface area contributed by atoms with Crippen molar-refractivity contribution in [1.82, 2.24) is 9.55 Å². The fraction of sp³-hybridized carbons (Fsp3) is 0.533. The zero-order valence-electron chi connectivity index (χ0n) is 13.2. The van der Waals surface area contributed by atoms with Crippen LogP contribution >= 0.6 is 0 Å². The summed E-state index contributed by atoms with van der Waals surface area (Å²) in [6, 6.07) is 0. The van der Waals surface area contributed by atoms with E-state index in [1.807, 2.05) is 0 Å². The highest BCUT2D eigenvalue weighted by molar-refractivity contribution is 6.03. The van der Waals surface area contributed by atoms with Gasteiger partial charge in [0.1, 0.15) is 23.9 Å². The number of ketones is 1. The third-order valence-electron chi connectivity index (χ3n) is 4.00. The highest BCUT2D eigenvalue weighted by Gasteiger charge is 2.55. The number of H-pyrrole nitrogens is 1. The number of nitrogens with zero attached hydrogens (tertiary/aromatic N) is 1. The summed E-state index contributed by atoms with van der Waals surface area (Å²) in [5.74, 6) is -1.53. The van der Waals surface area contributed by atoms with Crippen LogP contribution < -0.4 is 11.2 Å². The molecule has 2 N–H and O–H groups in total. The SMILES string of the molecule is C=CC(=O)c1cn(C2OC(CO)[C@H]3OC(C)(C)O[C@@H]23)c(=O)[nH]c1=O. The van der Waals surface area contributed by atoms with Crippen LogP contribution in [-0.4, -0.2) is 51.1 Å². The average Bonchev–Trinajstić information content (AvgIpc) is 3.00. The molecule has 2 unspecified atom stereocenters. The van der Waals surface area contributed by atoms with Crippen LogP contribution in [0.4, 0.5) is 0 Å². The molecule has 0 saturated carbocycles. The minimum atomic E-state index is -0.949. The van der Waals surface area contributed by atoms with Crippen molar-refractivity contribution in [1.29, 1.82) is 0 Å². The zero-order chi connectivity index (χ0) is 17.6. The van der Waals surface area contributed by atoms with Crippen molar-refractivity contribution in [2.45, 2.75) is 44.2 Å². The number of aromatic amines is 1. The summed E-state index contributed by atoms with van der Waals surface area (Å²) < 4.78 is 18.2. The van der Waals surface area contributed by atoms with Crippen LogP contribution in [0.2, 0.25) is 0 Å². The summed E-state index contributed by atoms with van der Waals surface area (Å²) in [5, 5.41) is 9.47. The molecule has 1 aromatic heterocycles. The van der Waals surface area contributed by atoms with Crippen LogP contribution in [0.1, 0.15) is 30.4 Å². The molecule has 0 amide bonds. The van der Waals surface area contributed by atoms with Gasteiger partial charge in [-0.3, -0.25) is 19.1 Å². The van der Waals surface area contributed by atoms with Gasteiger partial charge in [-0.25, -0.2) is 4.79 Å². The lowest BCUT2D eigenvalue weighted by atomic mass is 10.1. The number of hydrogen-bond acceptors (Lipinski definition) is 7. The molecule has 3 rings (SSSR count). The molecular formula is C15H18N2O7. The maximum atomic E-state index is 12.2. The molecule has 3 heterocycles. The predicted molar refractivity (Wildman–Crippen MR) is 80.7 cm³/mol. The van der Waals surface area contributed by atoms with E-state index in [2.05, 4.69) is 11.6 Å². The second-order valence-electron chi connectivity index (χ2n) is 6.09. The lowest BCUT2D eigenvalue weighted by Gasteiger charge is -2.24. The number of allylic oxidation sites excluding steroid dienone is 1. The zero-order valence-corrected chi connectivity index (χ0v) is 13.2. The second-order valence-corrected chi connectivity index (χ2v) is 6.09. The van der Waals surface area contributed by atoms with E-state index in [1.165, 1.54) is 0 Å². The van der Waals surface area contributed by atoms with E-state index < -0.39 is 47.4 Å². The number of hydrogen-bond donors (Lipinski definition) is 2. The van der Waals surface area contributed by atoms with Crippen LogP contribution in [0.15, 0.2) is 28.4 Å². The lowest BCUT2D eigenvalue weighted by molar-refractivity contribution is -0.200. The summed E-state index contributed by atoms with van der Waals surface area (Å²) in [4.78, 5) is 37.8. The van der Waals surface area contributed by atoms with E-state index in [0.717, 1.165) is 16.8 Å². The van der Waals surface area contributed by atoms with Gasteiger partial charge < -0.3 is 19.3 Å². The standard InChI is InChI=1S/C15H18N2O7/c1-4-8(19)7-5-17(14(21)16-12(7)20)13-11-10(9(6-18)22-13)23-15(2,3)24-11/h4-5,9-11,13,18H,1,6H2,2-3H3,(H,16,20,21)/t9?,10-,11-,13?/m1/s1. The van der Waals surface area contributed by atoms with Crippen LogP contribution in [0, 0.1) is 0 Å². The van der Waals surface area contributed by atoms with Crippen molar-refractivity contribution in [2.24, 2.45) is 0 Å². The van der Waals surface area contributed by atoms with Gasteiger partial charge in [-0.1, -0.05) is 6.58 Å². The van der Waals surface area contributed by atoms with E-state index >= 15 is 0 Å². The molecule has 0 aromatic carbocycles. The summed E-state index contributed by atoms with van der Waals surface area (Å²) in [7, 11) is 0. The molecule has 24 heavy (non-hydrogen) atoms. The Bertz CT molecular complexity index is 794. The van der Waals surface area contributed by atoms with Gasteiger partial charge in [0.25, 0.3) is 5.56 Å². The molecule has 9 nitrogen and oxygen atoms in total. The molecule has 0 bridgehead atoms. The van der Waals surface area contributed by atoms with Crippen LogP contribution in [0.25, 0.3) is 0 Å². The van der Waals surface area contributed by atoms with Gasteiger partial charge in [-0.15, -0.1) is 0 Å². The molecule has 4 atom stereocenters. The van der Waals surface area contributed by atoms with E-state index in [4.69, 9.17) is 14.2 Å². The number of nitrogens with one attached hydrogen (secondary N) is 1. The van der Waals surface area contributed by atoms with Gasteiger partial charge in [-0.2, -0.15) is 0 Å². The van der Waals surface area contributed by atoms with E-state index in [-0.39, 0.29) is 12.2 Å². The number of aliphatic hydroxyl groups excluding tert-OH is 1. The number of aromatic nitrogens is 2. The van der Waals surface area contributed by atoms with Gasteiger partial charge in [0.2, 0.25) is 0 Å². The molecule has 0 aliphatic carbocycles. The Hall–Kier alpha value is -2.07. The average molecular weight is 338 g/mol. The molecule has 2 aliphatic rings. The molecule has 9 heteroatoms. The lowest BCUT2D eigenvalue weighted by Crippen LogP contribution is -2.39. The van der Waals surface area contributed by atoms with Gasteiger partial charge in [-0.05, 0) is 19.9 Å². The molecule has 2 aliphatic heterocycles. The number of rotatable bonds is 4. The third-order valence-corrected chi connectivity index (χ3v) is 4.00. The molecule has 0 spiro atoms. The second kappa shape index (κ2) is 5.78. The minimum Gasteiger partial charge on any atom is -0.394 e. The van der Waals surface area contributed by atoms with Gasteiger partial charge in [0, 0.05) is 6.20 Å². The van der Waals surface area contributed by atoms with Crippen LogP contribution in [-0.2, 0) is 14.2 Å². The number of fused-ring (bicyclic) bond motifs is 1. The fourth-order valence-corrected chi connectivity index (χ4v) is 2.99. The van der Waals surface area contributed by atoms with Crippen LogP contribution in [0.5, 0.6) is 0 Å². The Morgan fingerprint density at radius 2 is 2.08 bits per heavy atom. The van der Waals surface area contributed by atoms with Gasteiger partial charge in [0.15, 0.2) is 17.8 Å². The molecule has 130 valence electrons. The summed E-state index contributed by atoms with van der Waals surface area (Å²) >= 11 is 0. The molecule has 2 fully saturated rings. The topological polar surface area (TPSA) is 120 Å². The molecular weight excluding hydrogens is 320 g/mol. The minimum absolute atomic E-state index is 0.240. The number of aliphatic hydroxyl groups is 1.